The van der Waals surface area contributed by atoms with Crippen molar-refractivity contribution in [3.05, 3.63) is 28.8 Å². The van der Waals surface area contributed by atoms with Crippen molar-refractivity contribution in [1.29, 1.82) is 0 Å². The fourth-order valence-corrected chi connectivity index (χ4v) is 4.21. The monoisotopic (exact) mass is 350 g/mol. The van der Waals surface area contributed by atoms with Gasteiger partial charge in [-0.15, -0.1) is 0 Å². The van der Waals surface area contributed by atoms with Gasteiger partial charge in [0.1, 0.15) is 4.90 Å². The predicted molar refractivity (Wildman–Crippen MR) is 91.6 cm³/mol. The Labute approximate surface area is 137 Å². The number of thioether (sulfide) groups is 1. The maximum absolute atomic E-state index is 12.4. The van der Waals surface area contributed by atoms with Gasteiger partial charge in [0, 0.05) is 13.1 Å². The van der Waals surface area contributed by atoms with Crippen molar-refractivity contribution in [3.8, 4) is 0 Å². The van der Waals surface area contributed by atoms with Crippen molar-refractivity contribution in [3.63, 3.8) is 0 Å². The van der Waals surface area contributed by atoms with E-state index in [0.29, 0.717) is 13.1 Å². The molecule has 0 saturated carbocycles. The van der Waals surface area contributed by atoms with Gasteiger partial charge in [-0.1, -0.05) is 31.5 Å². The highest BCUT2D eigenvalue weighted by Crippen LogP contribution is 2.22. The van der Waals surface area contributed by atoms with E-state index < -0.39 is 10.0 Å². The smallest absolute Gasteiger partial charge is 0.242 e. The third-order valence-corrected chi connectivity index (χ3v) is 5.74. The molecule has 1 atom stereocenters. The van der Waals surface area contributed by atoms with Crippen LogP contribution in [-0.2, 0) is 16.6 Å². The molecule has 0 spiro atoms. The highest BCUT2D eigenvalue weighted by Gasteiger charge is 2.19. The molecular weight excluding hydrogens is 328 g/mol. The lowest BCUT2D eigenvalue weighted by molar-refractivity contribution is 0.562. The lowest BCUT2D eigenvalue weighted by Gasteiger charge is -2.13. The van der Waals surface area contributed by atoms with E-state index in [1.807, 2.05) is 26.2 Å². The fraction of sp³-hybridized carbons (Fsp3) is 0.571. The van der Waals surface area contributed by atoms with Crippen LogP contribution in [0.4, 0.5) is 0 Å². The highest BCUT2D eigenvalue weighted by molar-refractivity contribution is 7.98. The largest absolute Gasteiger partial charge is 0.313 e. The zero-order chi connectivity index (χ0) is 15.9. The average molecular weight is 351 g/mol. The number of halogens is 1. The van der Waals surface area contributed by atoms with Crippen LogP contribution in [0.5, 0.6) is 0 Å². The molecule has 0 fully saturated rings. The van der Waals surface area contributed by atoms with Gasteiger partial charge in [-0.05, 0) is 42.2 Å². The highest BCUT2D eigenvalue weighted by atomic mass is 35.5. The van der Waals surface area contributed by atoms with Gasteiger partial charge in [-0.25, -0.2) is 13.1 Å². The molecule has 1 unspecified atom stereocenters. The lowest BCUT2D eigenvalue weighted by Crippen LogP contribution is -2.29. The summed E-state index contributed by atoms with van der Waals surface area (Å²) in [7, 11) is -3.57. The molecule has 1 aromatic carbocycles. The molecule has 0 amide bonds. The SMILES string of the molecule is CCNCc1ccc(Cl)c(S(=O)(=O)NCC(C)CSC)c1. The summed E-state index contributed by atoms with van der Waals surface area (Å²) >= 11 is 7.75. The molecule has 7 heteroatoms. The molecule has 0 aliphatic carbocycles. The first-order valence-corrected chi connectivity index (χ1v) is 10.1. The van der Waals surface area contributed by atoms with Crippen LogP contribution in [0.3, 0.4) is 0 Å². The number of sulfonamides is 1. The van der Waals surface area contributed by atoms with Crippen molar-refractivity contribution >= 4 is 33.4 Å². The van der Waals surface area contributed by atoms with E-state index in [2.05, 4.69) is 10.0 Å². The third-order valence-electron chi connectivity index (χ3n) is 2.94. The molecule has 4 nitrogen and oxygen atoms in total. The first kappa shape index (κ1) is 18.8. The average Bonchev–Trinajstić information content (AvgIpc) is 2.44. The van der Waals surface area contributed by atoms with Crippen LogP contribution in [0.2, 0.25) is 5.02 Å². The van der Waals surface area contributed by atoms with Gasteiger partial charge in [-0.2, -0.15) is 11.8 Å². The normalized spacial score (nSPS) is 13.3. The molecule has 2 N–H and O–H groups in total. The fourth-order valence-electron chi connectivity index (χ4n) is 1.81. The second kappa shape index (κ2) is 9.00. The number of nitrogens with one attached hydrogen (secondary N) is 2. The summed E-state index contributed by atoms with van der Waals surface area (Å²) in [6.45, 7) is 5.88. The molecule has 0 radical (unpaired) electrons. The van der Waals surface area contributed by atoms with E-state index in [-0.39, 0.29) is 15.8 Å². The van der Waals surface area contributed by atoms with Crippen LogP contribution in [0, 0.1) is 5.92 Å². The molecule has 21 heavy (non-hydrogen) atoms. The number of hydrogen-bond donors (Lipinski definition) is 2. The summed E-state index contributed by atoms with van der Waals surface area (Å²) in [5, 5.41) is 3.42. The van der Waals surface area contributed by atoms with Crippen LogP contribution in [0.25, 0.3) is 0 Å². The zero-order valence-corrected chi connectivity index (χ0v) is 15.0. The van der Waals surface area contributed by atoms with Gasteiger partial charge in [-0.3, -0.25) is 0 Å². The van der Waals surface area contributed by atoms with Crippen LogP contribution in [0.1, 0.15) is 19.4 Å². The summed E-state index contributed by atoms with van der Waals surface area (Å²) in [4.78, 5) is 0.149. The maximum atomic E-state index is 12.4. The molecular formula is C14H23ClN2O2S2. The van der Waals surface area contributed by atoms with Gasteiger partial charge in [0.15, 0.2) is 0 Å². The Morgan fingerprint density at radius 3 is 2.71 bits per heavy atom. The molecule has 0 aromatic heterocycles. The summed E-state index contributed by atoms with van der Waals surface area (Å²) in [5.41, 5.74) is 0.902. The summed E-state index contributed by atoms with van der Waals surface area (Å²) < 4.78 is 27.4. The molecule has 0 saturated heterocycles. The Morgan fingerprint density at radius 1 is 1.38 bits per heavy atom. The minimum Gasteiger partial charge on any atom is -0.313 e. The second-order valence-corrected chi connectivity index (χ2v) is 8.01. The van der Waals surface area contributed by atoms with Crippen LogP contribution in [0.15, 0.2) is 23.1 Å². The van der Waals surface area contributed by atoms with E-state index in [4.69, 9.17) is 11.6 Å². The molecule has 1 rings (SSSR count). The zero-order valence-electron chi connectivity index (χ0n) is 12.6. The number of rotatable bonds is 9. The molecule has 0 bridgehead atoms. The standard InChI is InChI=1S/C14H23ClN2O2S2/c1-4-16-9-12-5-6-13(15)14(7-12)21(18,19)17-8-11(2)10-20-3/h5-7,11,16-17H,4,8-10H2,1-3H3. The van der Waals surface area contributed by atoms with E-state index in [9.17, 15) is 8.42 Å². The van der Waals surface area contributed by atoms with Crippen molar-refractivity contribution < 1.29 is 8.42 Å². The van der Waals surface area contributed by atoms with Gasteiger partial charge in [0.05, 0.1) is 5.02 Å². The van der Waals surface area contributed by atoms with Crippen molar-refractivity contribution in [2.24, 2.45) is 5.92 Å². The second-order valence-electron chi connectivity index (χ2n) is 4.96. The first-order chi connectivity index (χ1) is 9.90. The Kier molecular flexibility index (Phi) is 8.05. The summed E-state index contributed by atoms with van der Waals surface area (Å²) in [6, 6.07) is 5.10. The summed E-state index contributed by atoms with van der Waals surface area (Å²) in [6.07, 6.45) is 2.01. The maximum Gasteiger partial charge on any atom is 0.242 e. The minimum absolute atomic E-state index is 0.149. The van der Waals surface area contributed by atoms with E-state index in [1.165, 1.54) is 0 Å². The quantitative estimate of drug-likeness (QED) is 0.719. The Morgan fingerprint density at radius 2 is 2.10 bits per heavy atom. The Bertz CT molecular complexity index is 550. The Balaban J connectivity index is 2.86. The molecule has 0 aliphatic rings. The van der Waals surface area contributed by atoms with E-state index in [0.717, 1.165) is 17.9 Å². The molecule has 0 aliphatic heterocycles. The van der Waals surface area contributed by atoms with Crippen molar-refractivity contribution in [2.75, 3.05) is 25.1 Å². The molecule has 1 aromatic rings. The third kappa shape index (κ3) is 6.16. The lowest BCUT2D eigenvalue weighted by atomic mass is 10.2. The van der Waals surface area contributed by atoms with Crippen LogP contribution >= 0.6 is 23.4 Å². The topological polar surface area (TPSA) is 58.2 Å². The van der Waals surface area contributed by atoms with Gasteiger partial charge in [0.2, 0.25) is 10.0 Å². The van der Waals surface area contributed by atoms with Crippen molar-refractivity contribution in [2.45, 2.75) is 25.3 Å². The summed E-state index contributed by atoms with van der Waals surface area (Å²) in [5.74, 6) is 1.19. The van der Waals surface area contributed by atoms with Crippen molar-refractivity contribution in [1.82, 2.24) is 10.0 Å². The van der Waals surface area contributed by atoms with E-state index in [1.54, 1.807) is 23.9 Å². The van der Waals surface area contributed by atoms with E-state index >= 15 is 0 Å². The van der Waals surface area contributed by atoms with Crippen LogP contribution in [-0.4, -0.2) is 33.5 Å². The van der Waals surface area contributed by atoms with Gasteiger partial charge in [0.25, 0.3) is 0 Å². The van der Waals surface area contributed by atoms with Gasteiger partial charge >= 0.3 is 0 Å². The first-order valence-electron chi connectivity index (χ1n) is 6.88. The number of hydrogen-bond acceptors (Lipinski definition) is 4. The molecule has 0 heterocycles. The predicted octanol–water partition coefficient (Wildman–Crippen LogP) is 2.73. The van der Waals surface area contributed by atoms with Crippen LogP contribution < -0.4 is 10.0 Å². The molecule has 120 valence electrons. The van der Waals surface area contributed by atoms with Gasteiger partial charge < -0.3 is 5.32 Å². The number of benzene rings is 1. The Hall–Kier alpha value is -0.270. The minimum atomic E-state index is -3.57.